The van der Waals surface area contributed by atoms with Gasteiger partial charge in [-0.1, -0.05) is 43.5 Å². The van der Waals surface area contributed by atoms with Crippen molar-refractivity contribution in [3.05, 3.63) is 0 Å². The summed E-state index contributed by atoms with van der Waals surface area (Å²) in [5.41, 5.74) is -1.92. The number of hydrogen-bond donors (Lipinski definition) is 0. The lowest BCUT2D eigenvalue weighted by Gasteiger charge is -2.24. The minimum absolute atomic E-state index is 0.00116. The average molecular weight is 196 g/mol. The van der Waals surface area contributed by atoms with Crippen LogP contribution in [0.3, 0.4) is 0 Å². The smallest absolute Gasteiger partial charge is 0.196 e. The first-order chi connectivity index (χ1) is 4.46. The SMILES string of the molecule is CC(C)(C)P1(=O)SCCS1. The Balaban J connectivity index is 2.78. The lowest BCUT2D eigenvalue weighted by Crippen LogP contribution is -2.09. The summed E-state index contributed by atoms with van der Waals surface area (Å²) < 4.78 is 12.0. The molecule has 1 saturated heterocycles. The Labute approximate surface area is 70.6 Å². The predicted molar refractivity (Wildman–Crippen MR) is 52.3 cm³/mol. The van der Waals surface area contributed by atoms with Gasteiger partial charge >= 0.3 is 0 Å². The lowest BCUT2D eigenvalue weighted by atomic mass is 10.3. The molecule has 1 nitrogen and oxygen atoms in total. The summed E-state index contributed by atoms with van der Waals surface area (Å²) in [5, 5.41) is -0.00116. The van der Waals surface area contributed by atoms with Crippen LogP contribution in [-0.2, 0) is 4.57 Å². The molecule has 0 aliphatic carbocycles. The maximum absolute atomic E-state index is 12.0. The van der Waals surface area contributed by atoms with Gasteiger partial charge in [-0.3, -0.25) is 4.57 Å². The molecule has 4 heteroatoms. The zero-order valence-corrected chi connectivity index (χ0v) is 9.11. The lowest BCUT2D eigenvalue weighted by molar-refractivity contribution is 0.573. The standard InChI is InChI=1S/C6H13OPS2/c1-6(2,3)8(7)9-4-5-10-8/h4-5H2,1-3H3. The maximum Gasteiger partial charge on any atom is 0.196 e. The van der Waals surface area contributed by atoms with E-state index in [2.05, 4.69) is 20.8 Å². The van der Waals surface area contributed by atoms with Crippen molar-refractivity contribution >= 4 is 28.3 Å². The van der Waals surface area contributed by atoms with Gasteiger partial charge in [0.2, 0.25) is 0 Å². The van der Waals surface area contributed by atoms with Gasteiger partial charge in [-0.05, 0) is 0 Å². The molecule has 0 radical (unpaired) electrons. The van der Waals surface area contributed by atoms with Crippen LogP contribution in [0.1, 0.15) is 20.8 Å². The highest BCUT2D eigenvalue weighted by Crippen LogP contribution is 2.79. The molecule has 0 saturated carbocycles. The minimum Gasteiger partial charge on any atom is -0.300 e. The Hall–Kier alpha value is 0.930. The van der Waals surface area contributed by atoms with Gasteiger partial charge in [-0.15, -0.1) is 0 Å². The van der Waals surface area contributed by atoms with E-state index in [0.29, 0.717) is 0 Å². The van der Waals surface area contributed by atoms with Crippen molar-refractivity contribution in [2.45, 2.75) is 25.9 Å². The average Bonchev–Trinajstić information content (AvgIpc) is 2.13. The summed E-state index contributed by atoms with van der Waals surface area (Å²) in [6, 6.07) is 0. The van der Waals surface area contributed by atoms with Crippen LogP contribution < -0.4 is 0 Å². The molecular formula is C6H13OPS2. The van der Waals surface area contributed by atoms with Crippen LogP contribution in [0.4, 0.5) is 0 Å². The van der Waals surface area contributed by atoms with Crippen LogP contribution in [0.15, 0.2) is 0 Å². The summed E-state index contributed by atoms with van der Waals surface area (Å²) >= 11 is 3.34. The van der Waals surface area contributed by atoms with E-state index in [1.54, 1.807) is 22.8 Å². The van der Waals surface area contributed by atoms with Crippen molar-refractivity contribution in [3.8, 4) is 0 Å². The largest absolute Gasteiger partial charge is 0.300 e. The third-order valence-corrected chi connectivity index (χ3v) is 13.1. The first-order valence-electron chi connectivity index (χ1n) is 3.35. The molecule has 1 aliphatic rings. The second kappa shape index (κ2) is 2.76. The molecule has 60 valence electrons. The monoisotopic (exact) mass is 196 g/mol. The molecule has 0 aromatic heterocycles. The molecule has 0 aromatic carbocycles. The molecule has 0 aromatic rings. The Morgan fingerprint density at radius 3 is 1.80 bits per heavy atom. The Morgan fingerprint density at radius 1 is 1.20 bits per heavy atom. The van der Waals surface area contributed by atoms with E-state index < -0.39 is 5.55 Å². The fourth-order valence-electron chi connectivity index (χ4n) is 0.739. The zero-order chi connectivity index (χ0) is 7.83. The quantitative estimate of drug-likeness (QED) is 0.552. The van der Waals surface area contributed by atoms with Crippen LogP contribution in [0.5, 0.6) is 0 Å². The van der Waals surface area contributed by atoms with Crippen molar-refractivity contribution in [1.29, 1.82) is 0 Å². The van der Waals surface area contributed by atoms with Gasteiger partial charge in [0.15, 0.2) is 5.55 Å². The van der Waals surface area contributed by atoms with E-state index >= 15 is 0 Å². The molecule has 0 unspecified atom stereocenters. The predicted octanol–water partition coefficient (Wildman–Crippen LogP) is 3.46. The van der Waals surface area contributed by atoms with Crippen LogP contribution in [0, 0.1) is 0 Å². The molecule has 0 atom stereocenters. The van der Waals surface area contributed by atoms with Crippen LogP contribution in [-0.4, -0.2) is 16.7 Å². The summed E-state index contributed by atoms with van der Waals surface area (Å²) in [7, 11) is 0. The number of hydrogen-bond acceptors (Lipinski definition) is 3. The molecule has 1 aliphatic heterocycles. The van der Waals surface area contributed by atoms with Gasteiger partial charge in [-0.2, -0.15) is 0 Å². The zero-order valence-electron chi connectivity index (χ0n) is 6.59. The van der Waals surface area contributed by atoms with E-state index in [9.17, 15) is 4.57 Å². The molecule has 0 amide bonds. The van der Waals surface area contributed by atoms with Gasteiger partial charge in [-0.25, -0.2) is 0 Å². The van der Waals surface area contributed by atoms with E-state index in [4.69, 9.17) is 0 Å². The van der Waals surface area contributed by atoms with Crippen molar-refractivity contribution in [2.24, 2.45) is 0 Å². The van der Waals surface area contributed by atoms with Crippen molar-refractivity contribution in [3.63, 3.8) is 0 Å². The molecule has 1 fully saturated rings. The molecule has 0 N–H and O–H groups in total. The molecule has 0 bridgehead atoms. The van der Waals surface area contributed by atoms with Gasteiger partial charge in [0, 0.05) is 16.7 Å². The van der Waals surface area contributed by atoms with Gasteiger partial charge in [0.1, 0.15) is 0 Å². The Bertz CT molecular complexity index is 163. The highest BCUT2D eigenvalue weighted by atomic mass is 33.1. The minimum atomic E-state index is -1.92. The Kier molecular flexibility index (Phi) is 2.49. The highest BCUT2D eigenvalue weighted by molar-refractivity contribution is 8.92. The van der Waals surface area contributed by atoms with Gasteiger partial charge in [0.25, 0.3) is 0 Å². The molecule has 10 heavy (non-hydrogen) atoms. The fraction of sp³-hybridized carbons (Fsp3) is 1.00. The van der Waals surface area contributed by atoms with Crippen molar-refractivity contribution in [1.82, 2.24) is 0 Å². The fourth-order valence-corrected chi connectivity index (χ4v) is 10.0. The van der Waals surface area contributed by atoms with Crippen molar-refractivity contribution < 1.29 is 4.57 Å². The van der Waals surface area contributed by atoms with E-state index in [0.717, 1.165) is 11.5 Å². The van der Waals surface area contributed by atoms with Crippen LogP contribution in [0.25, 0.3) is 0 Å². The summed E-state index contributed by atoms with van der Waals surface area (Å²) in [6.07, 6.45) is 0. The molecule has 1 heterocycles. The molecule has 0 spiro atoms. The van der Waals surface area contributed by atoms with E-state index in [1.165, 1.54) is 0 Å². The molecule has 1 rings (SSSR count). The summed E-state index contributed by atoms with van der Waals surface area (Å²) in [6.45, 7) is 6.21. The third kappa shape index (κ3) is 1.57. The first kappa shape index (κ1) is 9.02. The van der Waals surface area contributed by atoms with E-state index in [-0.39, 0.29) is 5.16 Å². The van der Waals surface area contributed by atoms with Gasteiger partial charge in [0.05, 0.1) is 0 Å². The summed E-state index contributed by atoms with van der Waals surface area (Å²) in [4.78, 5) is 0. The summed E-state index contributed by atoms with van der Waals surface area (Å²) in [5.74, 6) is 2.14. The normalized spacial score (nSPS) is 25.1. The maximum atomic E-state index is 12.0. The van der Waals surface area contributed by atoms with Crippen LogP contribution in [0.2, 0.25) is 0 Å². The topological polar surface area (TPSA) is 17.1 Å². The second-order valence-corrected chi connectivity index (χ2v) is 12.3. The Morgan fingerprint density at radius 2 is 1.60 bits per heavy atom. The van der Waals surface area contributed by atoms with E-state index in [1.807, 2.05) is 0 Å². The van der Waals surface area contributed by atoms with Gasteiger partial charge < -0.3 is 0 Å². The van der Waals surface area contributed by atoms with Crippen molar-refractivity contribution in [2.75, 3.05) is 11.5 Å². The third-order valence-electron chi connectivity index (χ3n) is 1.43. The number of rotatable bonds is 0. The second-order valence-electron chi connectivity index (χ2n) is 3.33. The highest BCUT2D eigenvalue weighted by Gasteiger charge is 2.40. The molecular weight excluding hydrogens is 183 g/mol. The first-order valence-corrected chi connectivity index (χ1v) is 8.24. The van der Waals surface area contributed by atoms with Crippen LogP contribution >= 0.6 is 28.3 Å².